The maximum Gasteiger partial charge on any atom is 0.303 e. The van der Waals surface area contributed by atoms with Crippen molar-refractivity contribution in [2.45, 2.75) is 55.2 Å². The summed E-state index contributed by atoms with van der Waals surface area (Å²) in [6, 6.07) is 2.97. The Hall–Kier alpha value is -3.20. The van der Waals surface area contributed by atoms with Crippen molar-refractivity contribution in [2.75, 3.05) is 6.61 Å². The lowest BCUT2D eigenvalue weighted by Crippen LogP contribution is -2.67. The minimum Gasteiger partial charge on any atom is -0.463 e. The van der Waals surface area contributed by atoms with Gasteiger partial charge in [0.05, 0.1) is 4.92 Å². The van der Waals surface area contributed by atoms with Crippen LogP contribution in [0.5, 0.6) is 0 Å². The number of nitro groups is 1. The Morgan fingerprint density at radius 1 is 1.00 bits per heavy atom. The number of ether oxygens (including phenoxy) is 5. The zero-order valence-corrected chi connectivity index (χ0v) is 22.2. The van der Waals surface area contributed by atoms with Gasteiger partial charge >= 0.3 is 17.9 Å². The van der Waals surface area contributed by atoms with Gasteiger partial charge in [-0.25, -0.2) is 0 Å². The molecule has 0 aliphatic carbocycles. The first-order valence-electron chi connectivity index (χ1n) is 10.6. The molecular formula is C21H22Cl3N3O11. The van der Waals surface area contributed by atoms with Crippen molar-refractivity contribution in [1.82, 2.24) is 5.32 Å². The summed E-state index contributed by atoms with van der Waals surface area (Å²) in [5, 5.41) is 21.3. The molecule has 1 aromatic rings. The fourth-order valence-electron chi connectivity index (χ4n) is 3.31. The van der Waals surface area contributed by atoms with Crippen molar-refractivity contribution in [3.8, 4) is 0 Å². The number of hydrogen-bond donors (Lipinski definition) is 2. The van der Waals surface area contributed by atoms with Crippen molar-refractivity contribution < 1.29 is 47.8 Å². The lowest BCUT2D eigenvalue weighted by molar-refractivity contribution is -0.384. The van der Waals surface area contributed by atoms with Crippen LogP contribution in [0.2, 0.25) is 0 Å². The van der Waals surface area contributed by atoms with Gasteiger partial charge in [-0.3, -0.25) is 34.7 Å². The molecule has 0 spiro atoms. The van der Waals surface area contributed by atoms with E-state index in [0.29, 0.717) is 0 Å². The van der Waals surface area contributed by atoms with Gasteiger partial charge in [-0.05, 0) is 12.1 Å². The molecule has 14 nitrogen and oxygen atoms in total. The first-order chi connectivity index (χ1) is 17.6. The molecule has 0 unspecified atom stereocenters. The van der Waals surface area contributed by atoms with Gasteiger partial charge in [0.2, 0.25) is 12.2 Å². The second kappa shape index (κ2) is 13.0. The zero-order chi connectivity index (χ0) is 28.8. The van der Waals surface area contributed by atoms with Crippen molar-refractivity contribution >= 4 is 70.2 Å². The summed E-state index contributed by atoms with van der Waals surface area (Å²) in [6.07, 6.45) is -6.01. The van der Waals surface area contributed by atoms with Gasteiger partial charge in [0, 0.05) is 38.5 Å². The highest BCUT2D eigenvalue weighted by atomic mass is 35.6. The SMILES string of the molecule is CC(=O)OC[C@H]1O[C@H](OC(=N)C(Cl)(Cl)Cl)[C@H](NC(=O)c2ccc([N+](=O)[O-])cc2)[C@@H](OC(C)=O)[C@H]1OC(C)=O. The summed E-state index contributed by atoms with van der Waals surface area (Å²) >= 11 is 17.1. The maximum atomic E-state index is 13.0. The Labute approximate surface area is 230 Å². The smallest absolute Gasteiger partial charge is 0.303 e. The summed E-state index contributed by atoms with van der Waals surface area (Å²) in [4.78, 5) is 58.6. The standard InChI is InChI=1S/C21H22Cl3N3O11/c1-9(28)34-8-14-16(35-10(2)29)17(36-11(3)30)15(19(37-14)38-20(25)21(22,23)24)26-18(31)12-4-6-13(7-5-12)27(32)33/h4-7,14-17,19,25H,8H2,1-3H3,(H,26,31)/t14-,15-,16+,17-,19-/m1/s1. The summed E-state index contributed by atoms with van der Waals surface area (Å²) < 4.78 is 24.3. The van der Waals surface area contributed by atoms with Crippen LogP contribution < -0.4 is 5.32 Å². The minimum absolute atomic E-state index is 0.0570. The molecule has 1 fully saturated rings. The van der Waals surface area contributed by atoms with Crippen LogP contribution in [0, 0.1) is 15.5 Å². The van der Waals surface area contributed by atoms with E-state index in [9.17, 15) is 29.3 Å². The van der Waals surface area contributed by atoms with Crippen molar-refractivity contribution in [3.05, 3.63) is 39.9 Å². The molecule has 1 aliphatic heterocycles. The van der Waals surface area contributed by atoms with Crippen LogP contribution in [-0.2, 0) is 38.1 Å². The highest BCUT2D eigenvalue weighted by Crippen LogP contribution is 2.32. The van der Waals surface area contributed by atoms with E-state index in [-0.39, 0.29) is 11.3 Å². The minimum atomic E-state index is -2.37. The summed E-state index contributed by atoms with van der Waals surface area (Å²) in [6.45, 7) is 2.68. The molecule has 1 saturated heterocycles. The number of esters is 3. The summed E-state index contributed by atoms with van der Waals surface area (Å²) in [7, 11) is 0. The molecule has 0 radical (unpaired) electrons. The lowest BCUT2D eigenvalue weighted by atomic mass is 9.95. The molecule has 1 heterocycles. The van der Waals surface area contributed by atoms with Crippen LogP contribution in [-0.4, -0.2) is 75.7 Å². The molecule has 1 amide bonds. The number of hydrogen-bond acceptors (Lipinski definition) is 12. The molecule has 0 aromatic heterocycles. The first kappa shape index (κ1) is 31.0. The van der Waals surface area contributed by atoms with Crippen molar-refractivity contribution in [2.24, 2.45) is 0 Å². The number of non-ortho nitro benzene ring substituents is 1. The summed E-state index contributed by atoms with van der Waals surface area (Å²) in [5.74, 6) is -4.22. The second-order valence-electron chi connectivity index (χ2n) is 7.74. The third kappa shape index (κ3) is 8.68. The number of nitrogens with one attached hydrogen (secondary N) is 2. The van der Waals surface area contributed by atoms with E-state index >= 15 is 0 Å². The van der Waals surface area contributed by atoms with Crippen molar-refractivity contribution in [3.63, 3.8) is 0 Å². The van der Waals surface area contributed by atoms with Crippen molar-refractivity contribution in [1.29, 1.82) is 5.41 Å². The number of halogens is 3. The number of carbonyl (C=O) groups is 4. The van der Waals surface area contributed by atoms with Crippen LogP contribution >= 0.6 is 34.8 Å². The van der Waals surface area contributed by atoms with Crippen LogP contribution in [0.4, 0.5) is 5.69 Å². The zero-order valence-electron chi connectivity index (χ0n) is 20.0. The second-order valence-corrected chi connectivity index (χ2v) is 10.0. The van der Waals surface area contributed by atoms with Gasteiger partial charge in [0.15, 0.2) is 12.2 Å². The average Bonchev–Trinajstić information content (AvgIpc) is 2.80. The van der Waals surface area contributed by atoms with E-state index in [2.05, 4.69) is 5.32 Å². The van der Waals surface area contributed by atoms with Crippen LogP contribution in [0.25, 0.3) is 0 Å². The number of alkyl halides is 3. The Balaban J connectivity index is 2.52. The van der Waals surface area contributed by atoms with E-state index in [0.717, 1.165) is 45.0 Å². The summed E-state index contributed by atoms with van der Waals surface area (Å²) in [5.41, 5.74) is -0.334. The normalized spacial score (nSPS) is 22.9. The fraction of sp³-hybridized carbons (Fsp3) is 0.476. The molecule has 17 heteroatoms. The highest BCUT2D eigenvalue weighted by Gasteiger charge is 2.53. The number of rotatable bonds is 8. The fourth-order valence-corrected chi connectivity index (χ4v) is 3.44. The van der Waals surface area contributed by atoms with Gasteiger partial charge in [0.25, 0.3) is 15.4 Å². The Morgan fingerprint density at radius 2 is 1.55 bits per heavy atom. The monoisotopic (exact) mass is 597 g/mol. The van der Waals surface area contributed by atoms with E-state index in [1.54, 1.807) is 0 Å². The van der Waals surface area contributed by atoms with E-state index < -0.39 is 75.7 Å². The van der Waals surface area contributed by atoms with Crippen LogP contribution in [0.15, 0.2) is 24.3 Å². The average molecular weight is 599 g/mol. The Morgan fingerprint density at radius 3 is 2.03 bits per heavy atom. The quantitative estimate of drug-likeness (QED) is 0.0847. The van der Waals surface area contributed by atoms with Gasteiger partial charge in [-0.1, -0.05) is 34.8 Å². The van der Waals surface area contributed by atoms with Gasteiger partial charge in [-0.15, -0.1) is 0 Å². The first-order valence-corrected chi connectivity index (χ1v) is 11.7. The predicted molar refractivity (Wildman–Crippen MR) is 130 cm³/mol. The molecule has 38 heavy (non-hydrogen) atoms. The molecule has 1 aromatic carbocycles. The number of nitro benzene ring substituents is 1. The van der Waals surface area contributed by atoms with Gasteiger partial charge < -0.3 is 29.0 Å². The Kier molecular flexibility index (Phi) is 10.6. The number of amides is 1. The van der Waals surface area contributed by atoms with Crippen LogP contribution in [0.3, 0.4) is 0 Å². The molecule has 2 rings (SSSR count). The largest absolute Gasteiger partial charge is 0.463 e. The highest BCUT2D eigenvalue weighted by molar-refractivity contribution is 6.76. The molecule has 2 N–H and O–H groups in total. The van der Waals surface area contributed by atoms with E-state index in [4.69, 9.17) is 63.9 Å². The number of benzene rings is 1. The molecular weight excluding hydrogens is 577 g/mol. The van der Waals surface area contributed by atoms with Gasteiger partial charge in [0.1, 0.15) is 18.8 Å². The number of carbonyl (C=O) groups excluding carboxylic acids is 4. The predicted octanol–water partition coefficient (Wildman–Crippen LogP) is 2.21. The Bertz CT molecular complexity index is 1090. The third-order valence-corrected chi connectivity index (χ3v) is 5.35. The molecule has 5 atom stereocenters. The third-order valence-electron chi connectivity index (χ3n) is 4.83. The van der Waals surface area contributed by atoms with Gasteiger partial charge in [-0.2, -0.15) is 0 Å². The maximum absolute atomic E-state index is 13.0. The van der Waals surface area contributed by atoms with Crippen LogP contribution in [0.1, 0.15) is 31.1 Å². The molecule has 0 saturated carbocycles. The number of nitrogens with zero attached hydrogens (tertiary/aromatic N) is 1. The van der Waals surface area contributed by atoms with E-state index in [1.807, 2.05) is 0 Å². The lowest BCUT2D eigenvalue weighted by Gasteiger charge is -2.45. The van der Waals surface area contributed by atoms with E-state index in [1.165, 1.54) is 0 Å². The molecule has 208 valence electrons. The topological polar surface area (TPSA) is 193 Å². The molecule has 0 bridgehead atoms. The molecule has 1 aliphatic rings.